The molecule has 0 fully saturated rings. The van der Waals surface area contributed by atoms with E-state index in [2.05, 4.69) is 15.1 Å². The third kappa shape index (κ3) is 2.19. The molecule has 3 heterocycles. The molecule has 0 N–H and O–H groups in total. The van der Waals surface area contributed by atoms with Crippen LogP contribution in [0.25, 0.3) is 0 Å². The van der Waals surface area contributed by atoms with Crippen molar-refractivity contribution in [3.63, 3.8) is 0 Å². The number of hydrogen-bond acceptors (Lipinski definition) is 4. The average molecular weight is 273 g/mol. The van der Waals surface area contributed by atoms with E-state index in [-0.39, 0.29) is 11.4 Å². The van der Waals surface area contributed by atoms with Crippen molar-refractivity contribution in [2.45, 2.75) is 11.4 Å². The van der Waals surface area contributed by atoms with E-state index in [0.29, 0.717) is 0 Å². The summed E-state index contributed by atoms with van der Waals surface area (Å²) in [5, 5.41) is 6.11. The Kier molecular flexibility index (Phi) is 3.17. The maximum atomic E-state index is 6.56. The van der Waals surface area contributed by atoms with Crippen LogP contribution in [0.2, 0.25) is 0 Å². The first kappa shape index (κ1) is 12.1. The van der Waals surface area contributed by atoms with Crippen molar-refractivity contribution < 1.29 is 0 Å². The highest BCUT2D eigenvalue weighted by molar-refractivity contribution is 6.35. The number of hydrazone groups is 1. The minimum atomic E-state index is -0.255. The van der Waals surface area contributed by atoms with E-state index < -0.39 is 0 Å². The highest BCUT2D eigenvalue weighted by atomic mass is 35.5. The Morgan fingerprint density at radius 2 is 1.79 bits per heavy atom. The fraction of sp³-hybridized carbons (Fsp3) is 0.214. The van der Waals surface area contributed by atoms with Gasteiger partial charge in [0.2, 0.25) is 0 Å². The highest BCUT2D eigenvalue weighted by Crippen LogP contribution is 2.33. The van der Waals surface area contributed by atoms with Gasteiger partial charge in [0.05, 0.1) is 11.4 Å². The predicted octanol–water partition coefficient (Wildman–Crippen LogP) is 2.47. The van der Waals surface area contributed by atoms with Gasteiger partial charge in [0.15, 0.2) is 0 Å². The lowest BCUT2D eigenvalue weighted by atomic mass is 10.0. The molecule has 5 heteroatoms. The van der Waals surface area contributed by atoms with Crippen LogP contribution in [-0.4, -0.2) is 33.1 Å². The average Bonchev–Trinajstić information content (AvgIpc) is 2.76. The SMILES string of the molecule is CN1N=C(c2ccccn2)[C@H](Cl)C1c1ccccn1. The maximum Gasteiger partial charge on any atom is 0.111 e. The first-order chi connectivity index (χ1) is 9.27. The lowest BCUT2D eigenvalue weighted by Crippen LogP contribution is -2.25. The van der Waals surface area contributed by atoms with Crippen molar-refractivity contribution in [1.82, 2.24) is 15.0 Å². The lowest BCUT2D eigenvalue weighted by molar-refractivity contribution is 0.287. The van der Waals surface area contributed by atoms with E-state index in [1.165, 1.54) is 0 Å². The van der Waals surface area contributed by atoms with Gasteiger partial charge in [-0.2, -0.15) is 5.10 Å². The molecule has 4 nitrogen and oxygen atoms in total. The molecule has 0 radical (unpaired) electrons. The summed E-state index contributed by atoms with van der Waals surface area (Å²) in [6.07, 6.45) is 3.51. The van der Waals surface area contributed by atoms with Crippen LogP contribution in [0.4, 0.5) is 0 Å². The highest BCUT2D eigenvalue weighted by Gasteiger charge is 2.37. The Morgan fingerprint density at radius 3 is 2.42 bits per heavy atom. The molecule has 0 aliphatic carbocycles. The number of halogens is 1. The second-order valence-corrected chi connectivity index (χ2v) is 4.85. The second kappa shape index (κ2) is 4.97. The van der Waals surface area contributed by atoms with Crippen LogP contribution in [0.5, 0.6) is 0 Å². The van der Waals surface area contributed by atoms with Crippen LogP contribution in [0.15, 0.2) is 53.9 Å². The number of rotatable bonds is 2. The van der Waals surface area contributed by atoms with Gasteiger partial charge in [0.25, 0.3) is 0 Å². The maximum absolute atomic E-state index is 6.56. The summed E-state index contributed by atoms with van der Waals surface area (Å²) in [5.41, 5.74) is 2.52. The van der Waals surface area contributed by atoms with Crippen LogP contribution in [0, 0.1) is 0 Å². The van der Waals surface area contributed by atoms with Gasteiger partial charge in [-0.25, -0.2) is 0 Å². The topological polar surface area (TPSA) is 41.4 Å². The molecule has 0 amide bonds. The van der Waals surface area contributed by atoms with E-state index in [1.807, 2.05) is 48.5 Å². The van der Waals surface area contributed by atoms with E-state index in [0.717, 1.165) is 17.1 Å². The molecule has 0 spiro atoms. The van der Waals surface area contributed by atoms with Crippen molar-refractivity contribution in [3.8, 4) is 0 Å². The number of alkyl halides is 1. The number of nitrogens with zero attached hydrogens (tertiary/aromatic N) is 4. The Hall–Kier alpha value is -1.94. The van der Waals surface area contributed by atoms with Crippen LogP contribution in [0.3, 0.4) is 0 Å². The molecule has 1 unspecified atom stereocenters. The van der Waals surface area contributed by atoms with Gasteiger partial charge in [-0.05, 0) is 24.3 Å². The molecule has 2 aromatic rings. The fourth-order valence-electron chi connectivity index (χ4n) is 2.23. The molecular weight excluding hydrogens is 260 g/mol. The van der Waals surface area contributed by atoms with Gasteiger partial charge in [0, 0.05) is 19.4 Å². The molecule has 0 saturated carbocycles. The molecule has 2 aromatic heterocycles. The number of hydrogen-bond donors (Lipinski definition) is 0. The molecule has 2 atom stereocenters. The van der Waals surface area contributed by atoms with E-state index in [9.17, 15) is 0 Å². The van der Waals surface area contributed by atoms with Crippen LogP contribution in [-0.2, 0) is 0 Å². The lowest BCUT2D eigenvalue weighted by Gasteiger charge is -2.20. The standard InChI is InChI=1S/C14H13ClN4/c1-19-14(11-7-3-5-9-17-11)12(15)13(18-19)10-6-2-4-8-16-10/h2-9,12,14H,1H3/t12-,14?/m0/s1. The third-order valence-electron chi connectivity index (χ3n) is 3.12. The minimum Gasteiger partial charge on any atom is -0.289 e. The molecule has 0 aromatic carbocycles. The van der Waals surface area contributed by atoms with E-state index in [4.69, 9.17) is 11.6 Å². The Bertz CT molecular complexity index is 585. The zero-order chi connectivity index (χ0) is 13.2. The quantitative estimate of drug-likeness (QED) is 0.789. The molecule has 1 aliphatic rings. The molecule has 0 bridgehead atoms. The van der Waals surface area contributed by atoms with Crippen molar-refractivity contribution >= 4 is 17.3 Å². The first-order valence-electron chi connectivity index (χ1n) is 6.05. The first-order valence-corrected chi connectivity index (χ1v) is 6.49. The minimum absolute atomic E-state index is 0.0557. The third-order valence-corrected chi connectivity index (χ3v) is 3.57. The van der Waals surface area contributed by atoms with Gasteiger partial charge in [-0.1, -0.05) is 12.1 Å². The fourth-order valence-corrected chi connectivity index (χ4v) is 2.67. The zero-order valence-corrected chi connectivity index (χ0v) is 11.2. The van der Waals surface area contributed by atoms with Gasteiger partial charge in [-0.15, -0.1) is 11.6 Å². The molecular formula is C14H13ClN4. The normalized spacial score (nSPS) is 22.4. The van der Waals surface area contributed by atoms with Crippen molar-refractivity contribution in [3.05, 3.63) is 60.2 Å². The van der Waals surface area contributed by atoms with Crippen molar-refractivity contribution in [2.24, 2.45) is 5.10 Å². The monoisotopic (exact) mass is 272 g/mol. The van der Waals surface area contributed by atoms with Crippen LogP contribution in [0.1, 0.15) is 17.4 Å². The van der Waals surface area contributed by atoms with Crippen molar-refractivity contribution in [2.75, 3.05) is 7.05 Å². The van der Waals surface area contributed by atoms with E-state index >= 15 is 0 Å². The number of aromatic nitrogens is 2. The zero-order valence-electron chi connectivity index (χ0n) is 10.4. The Labute approximate surface area is 116 Å². The molecule has 0 saturated heterocycles. The summed E-state index contributed by atoms with van der Waals surface area (Å²) in [5.74, 6) is 0. The van der Waals surface area contributed by atoms with Crippen LogP contribution < -0.4 is 0 Å². The van der Waals surface area contributed by atoms with Crippen molar-refractivity contribution in [1.29, 1.82) is 0 Å². The largest absolute Gasteiger partial charge is 0.289 e. The van der Waals surface area contributed by atoms with Gasteiger partial charge >= 0.3 is 0 Å². The predicted molar refractivity (Wildman–Crippen MR) is 75.2 cm³/mol. The van der Waals surface area contributed by atoms with Crippen LogP contribution >= 0.6 is 11.6 Å². The summed E-state index contributed by atoms with van der Waals surface area (Å²) in [7, 11) is 1.91. The molecule has 3 rings (SSSR count). The summed E-state index contributed by atoms with van der Waals surface area (Å²) in [6.45, 7) is 0. The molecule has 96 valence electrons. The van der Waals surface area contributed by atoms with E-state index in [1.54, 1.807) is 12.4 Å². The summed E-state index contributed by atoms with van der Waals surface area (Å²) < 4.78 is 0. The summed E-state index contributed by atoms with van der Waals surface area (Å²) >= 11 is 6.56. The Balaban J connectivity index is 1.94. The summed E-state index contributed by atoms with van der Waals surface area (Å²) in [6, 6.07) is 11.5. The molecule has 1 aliphatic heterocycles. The van der Waals surface area contributed by atoms with Gasteiger partial charge in [0.1, 0.15) is 17.1 Å². The smallest absolute Gasteiger partial charge is 0.111 e. The summed E-state index contributed by atoms with van der Waals surface area (Å²) in [4.78, 5) is 8.68. The molecule has 19 heavy (non-hydrogen) atoms. The van der Waals surface area contributed by atoms with Gasteiger partial charge < -0.3 is 0 Å². The second-order valence-electron chi connectivity index (χ2n) is 4.38. The number of pyridine rings is 2. The van der Waals surface area contributed by atoms with Gasteiger partial charge in [-0.3, -0.25) is 15.0 Å². The Morgan fingerprint density at radius 1 is 1.05 bits per heavy atom.